The molecule has 0 radical (unpaired) electrons. The van der Waals surface area contributed by atoms with Gasteiger partial charge in [0, 0.05) is 11.1 Å². The van der Waals surface area contributed by atoms with E-state index in [1.54, 1.807) is 6.92 Å². The summed E-state index contributed by atoms with van der Waals surface area (Å²) in [7, 11) is 0. The van der Waals surface area contributed by atoms with Gasteiger partial charge in [-0.05, 0) is 26.7 Å². The number of carboxylic acids is 1. The van der Waals surface area contributed by atoms with Crippen LogP contribution in [0.5, 0.6) is 0 Å². The Morgan fingerprint density at radius 1 is 1.05 bits per heavy atom. The van der Waals surface area contributed by atoms with Crippen LogP contribution in [0.4, 0.5) is 0 Å². The van der Waals surface area contributed by atoms with Gasteiger partial charge >= 0.3 is 5.97 Å². The molecule has 0 saturated heterocycles. The van der Waals surface area contributed by atoms with E-state index in [1.807, 2.05) is 0 Å². The molecule has 0 fully saturated rings. The number of hydrogen-bond donors (Lipinski definition) is 2. The van der Waals surface area contributed by atoms with Crippen molar-refractivity contribution in [1.82, 2.24) is 0 Å². The van der Waals surface area contributed by atoms with Gasteiger partial charge in [-0.1, -0.05) is 65.4 Å². The Kier molecular flexibility index (Phi) is 14.1. The van der Waals surface area contributed by atoms with Crippen LogP contribution in [0.1, 0.15) is 85.5 Å². The lowest BCUT2D eigenvalue weighted by Gasteiger charge is -2.17. The highest BCUT2D eigenvalue weighted by molar-refractivity contribution is 5.85. The van der Waals surface area contributed by atoms with Crippen LogP contribution in [0.25, 0.3) is 0 Å². The summed E-state index contributed by atoms with van der Waals surface area (Å²) in [5.74, 6) is -0.900. The summed E-state index contributed by atoms with van der Waals surface area (Å²) < 4.78 is 0. The van der Waals surface area contributed by atoms with Gasteiger partial charge in [0.1, 0.15) is 0 Å². The van der Waals surface area contributed by atoms with Crippen molar-refractivity contribution in [3.8, 4) is 0 Å². The second-order valence-electron chi connectivity index (χ2n) is 6.12. The fraction of sp³-hybridized carbons (Fsp3) is 0.824. The molecule has 0 amide bonds. The van der Waals surface area contributed by atoms with Crippen LogP contribution in [0.2, 0.25) is 0 Å². The minimum Gasteiger partial charge on any atom is -0.478 e. The average Bonchev–Trinajstić information content (AvgIpc) is 2.36. The van der Waals surface area contributed by atoms with E-state index in [2.05, 4.69) is 27.4 Å². The van der Waals surface area contributed by atoms with E-state index in [-0.39, 0.29) is 11.1 Å². The zero-order valence-corrected chi connectivity index (χ0v) is 14.0. The average molecular weight is 285 g/mol. The van der Waals surface area contributed by atoms with Crippen molar-refractivity contribution in [3.63, 3.8) is 0 Å². The van der Waals surface area contributed by atoms with Crippen molar-refractivity contribution in [2.75, 3.05) is 0 Å². The molecule has 0 unspecified atom stereocenters. The number of hydrogen-bond acceptors (Lipinski definition) is 2. The Balaban J connectivity index is 0. The van der Waals surface area contributed by atoms with E-state index in [1.165, 1.54) is 51.4 Å². The predicted molar refractivity (Wildman–Crippen MR) is 87.9 cm³/mol. The summed E-state index contributed by atoms with van der Waals surface area (Å²) in [6.45, 7) is 11.5. The van der Waals surface area contributed by atoms with Crippen molar-refractivity contribution in [3.05, 3.63) is 12.2 Å². The summed E-state index contributed by atoms with van der Waals surface area (Å²) in [4.78, 5) is 9.83. The lowest BCUT2D eigenvalue weighted by atomic mass is 9.97. The molecule has 0 aliphatic rings. The first-order valence-electron chi connectivity index (χ1n) is 7.94. The summed E-state index contributed by atoms with van der Waals surface area (Å²) in [6, 6.07) is 0. The van der Waals surface area contributed by atoms with Crippen LogP contribution in [0.15, 0.2) is 12.2 Å². The second kappa shape index (κ2) is 13.2. The minimum atomic E-state index is -0.900. The van der Waals surface area contributed by atoms with Gasteiger partial charge in [0.25, 0.3) is 0 Å². The standard InChI is InChI=1S/C12H27N.C5H8O2/c1-4-5-6-7-8-9-10-11-12(2,3)13;1-3-4(2)5(6)7/h4-11,13H2,1-3H3;2-3H2,1H3,(H,6,7). The van der Waals surface area contributed by atoms with Gasteiger partial charge in [0.15, 0.2) is 0 Å². The van der Waals surface area contributed by atoms with E-state index >= 15 is 0 Å². The van der Waals surface area contributed by atoms with Gasteiger partial charge in [0.2, 0.25) is 0 Å². The molecule has 3 nitrogen and oxygen atoms in total. The molecule has 3 N–H and O–H groups in total. The minimum absolute atomic E-state index is 0.0451. The van der Waals surface area contributed by atoms with Crippen molar-refractivity contribution in [2.24, 2.45) is 5.73 Å². The number of unbranched alkanes of at least 4 members (excludes halogenated alkanes) is 6. The normalized spacial score (nSPS) is 10.7. The first-order valence-corrected chi connectivity index (χ1v) is 7.94. The van der Waals surface area contributed by atoms with Crippen LogP contribution < -0.4 is 5.73 Å². The molecule has 0 aliphatic carbocycles. The molecule has 3 heteroatoms. The smallest absolute Gasteiger partial charge is 0.330 e. The maximum atomic E-state index is 9.83. The molecule has 0 aromatic rings. The van der Waals surface area contributed by atoms with Crippen molar-refractivity contribution in [1.29, 1.82) is 0 Å². The summed E-state index contributed by atoms with van der Waals surface area (Å²) in [5, 5.41) is 8.08. The molecule has 20 heavy (non-hydrogen) atoms. The Morgan fingerprint density at radius 2 is 1.50 bits per heavy atom. The summed E-state index contributed by atoms with van der Waals surface area (Å²) >= 11 is 0. The second-order valence-corrected chi connectivity index (χ2v) is 6.12. The zero-order chi connectivity index (χ0) is 16.0. The first kappa shape index (κ1) is 21.5. The number of rotatable bonds is 10. The Morgan fingerprint density at radius 3 is 1.80 bits per heavy atom. The lowest BCUT2D eigenvalue weighted by molar-refractivity contribution is -0.132. The maximum Gasteiger partial charge on any atom is 0.330 e. The highest BCUT2D eigenvalue weighted by atomic mass is 16.4. The zero-order valence-electron chi connectivity index (χ0n) is 14.0. The van der Waals surface area contributed by atoms with Gasteiger partial charge in [-0.15, -0.1) is 0 Å². The van der Waals surface area contributed by atoms with E-state index in [4.69, 9.17) is 10.8 Å². The van der Waals surface area contributed by atoms with Gasteiger partial charge in [0.05, 0.1) is 0 Å². The summed E-state index contributed by atoms with van der Waals surface area (Å²) in [6.07, 6.45) is 11.3. The maximum absolute atomic E-state index is 9.83. The summed E-state index contributed by atoms with van der Waals surface area (Å²) in [5.41, 5.74) is 6.21. The third-order valence-electron chi connectivity index (χ3n) is 3.15. The quantitative estimate of drug-likeness (QED) is 0.443. The first-order chi connectivity index (χ1) is 9.24. The fourth-order valence-electron chi connectivity index (χ4n) is 1.69. The van der Waals surface area contributed by atoms with Crippen LogP contribution in [-0.2, 0) is 4.79 Å². The molecular formula is C17H35NO2. The largest absolute Gasteiger partial charge is 0.478 e. The molecule has 0 rings (SSSR count). The van der Waals surface area contributed by atoms with Crippen molar-refractivity contribution >= 4 is 5.97 Å². The fourth-order valence-corrected chi connectivity index (χ4v) is 1.69. The SMILES string of the molecule is C=C(CC)C(=O)O.CCCCCCCCCC(C)(C)N. The molecule has 0 heterocycles. The molecule has 120 valence electrons. The highest BCUT2D eigenvalue weighted by Gasteiger charge is 2.08. The molecule has 0 spiro atoms. The lowest BCUT2D eigenvalue weighted by Crippen LogP contribution is -2.31. The monoisotopic (exact) mass is 285 g/mol. The van der Waals surface area contributed by atoms with Crippen LogP contribution in [-0.4, -0.2) is 16.6 Å². The Labute approximate surface area is 125 Å². The highest BCUT2D eigenvalue weighted by Crippen LogP contribution is 2.13. The number of nitrogens with two attached hydrogens (primary N) is 1. The number of carbonyl (C=O) groups is 1. The molecule has 0 atom stereocenters. The van der Waals surface area contributed by atoms with Gasteiger partial charge in [-0.3, -0.25) is 0 Å². The molecule has 0 saturated carbocycles. The van der Waals surface area contributed by atoms with Gasteiger partial charge in [-0.2, -0.15) is 0 Å². The molecule has 0 bridgehead atoms. The van der Waals surface area contributed by atoms with E-state index in [0.717, 1.165) is 0 Å². The van der Waals surface area contributed by atoms with Gasteiger partial charge in [-0.25, -0.2) is 4.79 Å². The molecule has 0 aromatic heterocycles. The molecule has 0 aromatic carbocycles. The van der Waals surface area contributed by atoms with Crippen LogP contribution >= 0.6 is 0 Å². The van der Waals surface area contributed by atoms with E-state index in [0.29, 0.717) is 6.42 Å². The number of carboxylic acid groups (broad SMARTS) is 1. The predicted octanol–water partition coefficient (Wildman–Crippen LogP) is 4.90. The molecule has 0 aliphatic heterocycles. The van der Waals surface area contributed by atoms with Crippen LogP contribution in [0.3, 0.4) is 0 Å². The third kappa shape index (κ3) is 19.5. The third-order valence-corrected chi connectivity index (χ3v) is 3.15. The molecular weight excluding hydrogens is 250 g/mol. The van der Waals surface area contributed by atoms with E-state index in [9.17, 15) is 4.79 Å². The van der Waals surface area contributed by atoms with Gasteiger partial charge < -0.3 is 10.8 Å². The number of aliphatic carboxylic acids is 1. The topological polar surface area (TPSA) is 63.3 Å². The van der Waals surface area contributed by atoms with Crippen molar-refractivity contribution < 1.29 is 9.90 Å². The van der Waals surface area contributed by atoms with Crippen molar-refractivity contribution in [2.45, 2.75) is 91.0 Å². The van der Waals surface area contributed by atoms with Crippen LogP contribution in [0, 0.1) is 0 Å². The Bertz CT molecular complexity index is 254. The Hall–Kier alpha value is -0.830. The van der Waals surface area contributed by atoms with E-state index < -0.39 is 5.97 Å².